The number of non-ortho nitro benzene ring substituents is 1. The summed E-state index contributed by atoms with van der Waals surface area (Å²) in [6.07, 6.45) is 2.73. The standard InChI is InChI=1S/C24H19BrN4O5/c1-34-22-11-10-19(25)14-18(22)15-26-28-24(31)21(27-23(30)17-7-3-2-4-8-17)13-16-6-5-9-20(12-16)29(32)33/h2-15H,1H3,(H,27,30)(H,28,31). The number of carbonyl (C=O) groups is 2. The van der Waals surface area contributed by atoms with Crippen molar-refractivity contribution in [3.8, 4) is 5.75 Å². The number of rotatable bonds is 8. The summed E-state index contributed by atoms with van der Waals surface area (Å²) in [6, 6.07) is 19.3. The van der Waals surface area contributed by atoms with Crippen molar-refractivity contribution < 1.29 is 19.2 Å². The number of nitrogens with one attached hydrogen (secondary N) is 2. The van der Waals surface area contributed by atoms with Crippen LogP contribution < -0.4 is 15.5 Å². The minimum atomic E-state index is -0.721. The van der Waals surface area contributed by atoms with E-state index < -0.39 is 16.7 Å². The van der Waals surface area contributed by atoms with Crippen molar-refractivity contribution in [2.75, 3.05) is 7.11 Å². The number of nitro benzene ring substituents is 1. The zero-order chi connectivity index (χ0) is 24.5. The number of nitrogens with zero attached hydrogens (tertiary/aromatic N) is 2. The van der Waals surface area contributed by atoms with Gasteiger partial charge in [-0.05, 0) is 42.0 Å². The lowest BCUT2D eigenvalue weighted by atomic mass is 10.1. The summed E-state index contributed by atoms with van der Waals surface area (Å²) in [7, 11) is 1.51. The number of amides is 2. The molecule has 0 aliphatic carbocycles. The lowest BCUT2D eigenvalue weighted by Crippen LogP contribution is -2.32. The van der Waals surface area contributed by atoms with Crippen LogP contribution in [0, 0.1) is 10.1 Å². The van der Waals surface area contributed by atoms with Gasteiger partial charge in [-0.25, -0.2) is 5.43 Å². The predicted molar refractivity (Wildman–Crippen MR) is 131 cm³/mol. The molecule has 9 nitrogen and oxygen atoms in total. The fourth-order valence-electron chi connectivity index (χ4n) is 2.86. The van der Waals surface area contributed by atoms with Crippen molar-refractivity contribution in [3.05, 3.63) is 110 Å². The normalized spacial score (nSPS) is 11.2. The fourth-order valence-corrected chi connectivity index (χ4v) is 3.24. The van der Waals surface area contributed by atoms with Gasteiger partial charge >= 0.3 is 0 Å². The van der Waals surface area contributed by atoms with Crippen LogP contribution in [0.1, 0.15) is 21.5 Å². The Kier molecular flexibility index (Phi) is 8.25. The Labute approximate surface area is 203 Å². The Hall–Kier alpha value is -4.31. The second-order valence-corrected chi connectivity index (χ2v) is 7.73. The molecule has 0 unspecified atom stereocenters. The van der Waals surface area contributed by atoms with Crippen molar-refractivity contribution in [1.82, 2.24) is 10.7 Å². The number of nitro groups is 1. The van der Waals surface area contributed by atoms with Crippen LogP contribution >= 0.6 is 15.9 Å². The third kappa shape index (κ3) is 6.59. The van der Waals surface area contributed by atoms with Crippen LogP contribution in [0.25, 0.3) is 6.08 Å². The van der Waals surface area contributed by atoms with E-state index in [1.807, 2.05) is 0 Å². The molecular formula is C24H19BrN4O5. The topological polar surface area (TPSA) is 123 Å². The molecule has 0 aliphatic rings. The molecule has 0 radical (unpaired) electrons. The maximum atomic E-state index is 12.9. The molecule has 3 aromatic carbocycles. The van der Waals surface area contributed by atoms with Crippen LogP contribution in [0.5, 0.6) is 5.75 Å². The molecule has 2 N–H and O–H groups in total. The molecule has 0 fully saturated rings. The third-order valence-corrected chi connectivity index (χ3v) is 4.98. The number of hydrogen-bond donors (Lipinski definition) is 2. The van der Waals surface area contributed by atoms with Gasteiger partial charge in [0.25, 0.3) is 17.5 Å². The van der Waals surface area contributed by atoms with E-state index in [1.165, 1.54) is 37.6 Å². The van der Waals surface area contributed by atoms with E-state index in [0.29, 0.717) is 22.4 Å². The van der Waals surface area contributed by atoms with Crippen LogP contribution in [0.4, 0.5) is 5.69 Å². The van der Waals surface area contributed by atoms with E-state index in [1.54, 1.807) is 54.6 Å². The quantitative estimate of drug-likeness (QED) is 0.198. The molecule has 0 spiro atoms. The van der Waals surface area contributed by atoms with Gasteiger partial charge in [0.15, 0.2) is 0 Å². The van der Waals surface area contributed by atoms with E-state index in [9.17, 15) is 19.7 Å². The van der Waals surface area contributed by atoms with Crippen LogP contribution in [-0.4, -0.2) is 30.1 Å². The number of hydrazone groups is 1. The van der Waals surface area contributed by atoms with Crippen LogP contribution in [-0.2, 0) is 4.79 Å². The Balaban J connectivity index is 1.87. The highest BCUT2D eigenvalue weighted by atomic mass is 79.9. The molecule has 3 aromatic rings. The Bertz CT molecular complexity index is 1280. The first-order valence-electron chi connectivity index (χ1n) is 9.87. The second-order valence-electron chi connectivity index (χ2n) is 6.82. The maximum absolute atomic E-state index is 12.9. The highest BCUT2D eigenvalue weighted by Gasteiger charge is 2.15. The highest BCUT2D eigenvalue weighted by Crippen LogP contribution is 2.21. The van der Waals surface area contributed by atoms with Gasteiger partial charge in [-0.3, -0.25) is 19.7 Å². The molecule has 34 heavy (non-hydrogen) atoms. The number of methoxy groups -OCH3 is 1. The highest BCUT2D eigenvalue weighted by molar-refractivity contribution is 9.10. The lowest BCUT2D eigenvalue weighted by Gasteiger charge is -2.09. The third-order valence-electron chi connectivity index (χ3n) is 4.48. The summed E-state index contributed by atoms with van der Waals surface area (Å²) in [6.45, 7) is 0. The maximum Gasteiger partial charge on any atom is 0.287 e. The van der Waals surface area contributed by atoms with E-state index in [0.717, 1.165) is 4.47 Å². The van der Waals surface area contributed by atoms with E-state index in [-0.39, 0.29) is 11.4 Å². The molecule has 0 aliphatic heterocycles. The molecule has 2 amide bonds. The number of carbonyl (C=O) groups excluding carboxylic acids is 2. The molecule has 0 saturated carbocycles. The summed E-state index contributed by atoms with van der Waals surface area (Å²) in [5.74, 6) is -0.697. The minimum Gasteiger partial charge on any atom is -0.496 e. The zero-order valence-corrected chi connectivity index (χ0v) is 19.5. The van der Waals surface area contributed by atoms with Crippen LogP contribution in [0.3, 0.4) is 0 Å². The van der Waals surface area contributed by atoms with E-state index in [2.05, 4.69) is 31.8 Å². The van der Waals surface area contributed by atoms with Gasteiger partial charge in [-0.2, -0.15) is 5.10 Å². The molecule has 0 aromatic heterocycles. The second kappa shape index (κ2) is 11.5. The van der Waals surface area contributed by atoms with E-state index >= 15 is 0 Å². The first kappa shape index (κ1) is 24.3. The van der Waals surface area contributed by atoms with Gasteiger partial charge in [0.2, 0.25) is 0 Å². The number of benzene rings is 3. The molecule has 0 heterocycles. The molecule has 10 heteroatoms. The summed E-state index contributed by atoms with van der Waals surface area (Å²) in [4.78, 5) is 36.0. The van der Waals surface area contributed by atoms with Gasteiger partial charge in [-0.15, -0.1) is 0 Å². The van der Waals surface area contributed by atoms with Crippen molar-refractivity contribution in [2.45, 2.75) is 0 Å². The SMILES string of the molecule is COc1ccc(Br)cc1C=NNC(=O)C(=Cc1cccc([N+](=O)[O-])c1)NC(=O)c1ccccc1. The molecule has 0 bridgehead atoms. The summed E-state index contributed by atoms with van der Waals surface area (Å²) in [5.41, 5.74) is 3.36. The molecule has 0 atom stereocenters. The minimum absolute atomic E-state index is 0.146. The first-order chi connectivity index (χ1) is 16.4. The van der Waals surface area contributed by atoms with Crippen LogP contribution in [0.2, 0.25) is 0 Å². The average molecular weight is 523 g/mol. The van der Waals surface area contributed by atoms with Gasteiger partial charge in [0.1, 0.15) is 11.4 Å². The predicted octanol–water partition coefficient (Wildman–Crippen LogP) is 4.29. The zero-order valence-electron chi connectivity index (χ0n) is 17.9. The van der Waals surface area contributed by atoms with Crippen molar-refractivity contribution in [2.24, 2.45) is 5.10 Å². The van der Waals surface area contributed by atoms with E-state index in [4.69, 9.17) is 4.74 Å². The number of ether oxygens (including phenoxy) is 1. The summed E-state index contributed by atoms with van der Waals surface area (Å²) < 4.78 is 6.06. The molecule has 172 valence electrons. The van der Waals surface area contributed by atoms with Gasteiger partial charge in [0.05, 0.1) is 18.2 Å². The largest absolute Gasteiger partial charge is 0.496 e. The van der Waals surface area contributed by atoms with Gasteiger partial charge in [0, 0.05) is 27.7 Å². The first-order valence-corrected chi connectivity index (χ1v) is 10.7. The van der Waals surface area contributed by atoms with Crippen LogP contribution in [0.15, 0.2) is 88.1 Å². The Morgan fingerprint density at radius 1 is 1.06 bits per heavy atom. The number of halogens is 1. The monoisotopic (exact) mass is 522 g/mol. The molecule has 3 rings (SSSR count). The van der Waals surface area contributed by atoms with Crippen molar-refractivity contribution in [1.29, 1.82) is 0 Å². The Morgan fingerprint density at radius 2 is 1.82 bits per heavy atom. The van der Waals surface area contributed by atoms with Gasteiger partial charge < -0.3 is 10.1 Å². The summed E-state index contributed by atoms with van der Waals surface area (Å²) >= 11 is 3.36. The molecule has 0 saturated heterocycles. The van der Waals surface area contributed by atoms with Gasteiger partial charge in [-0.1, -0.05) is 46.3 Å². The molecular weight excluding hydrogens is 504 g/mol. The van der Waals surface area contributed by atoms with Crippen molar-refractivity contribution in [3.63, 3.8) is 0 Å². The van der Waals surface area contributed by atoms with Crippen molar-refractivity contribution >= 4 is 45.7 Å². The average Bonchev–Trinajstić information content (AvgIpc) is 2.84. The number of hydrogen-bond acceptors (Lipinski definition) is 6. The smallest absolute Gasteiger partial charge is 0.287 e. The Morgan fingerprint density at radius 3 is 2.53 bits per heavy atom. The lowest BCUT2D eigenvalue weighted by molar-refractivity contribution is -0.384. The fraction of sp³-hybridized carbons (Fsp3) is 0.0417. The summed E-state index contributed by atoms with van der Waals surface area (Å²) in [5, 5.41) is 17.6.